The van der Waals surface area contributed by atoms with Crippen molar-refractivity contribution < 1.29 is 13.2 Å². The topological polar surface area (TPSA) is 76.8 Å². The van der Waals surface area contributed by atoms with Crippen LogP contribution in [-0.4, -0.2) is 46.0 Å². The molecule has 154 valence electrons. The molecule has 1 saturated heterocycles. The van der Waals surface area contributed by atoms with Crippen molar-refractivity contribution in [1.82, 2.24) is 18.9 Å². The molecule has 0 radical (unpaired) electrons. The molecule has 0 amide bonds. The van der Waals surface area contributed by atoms with Gasteiger partial charge in [0.15, 0.2) is 5.65 Å². The van der Waals surface area contributed by atoms with Gasteiger partial charge in [-0.05, 0) is 72.7 Å². The minimum atomic E-state index is -3.56. The second-order valence-corrected chi connectivity index (χ2v) is 10.2. The van der Waals surface area contributed by atoms with E-state index in [1.165, 1.54) is 5.57 Å². The number of aryl methyl sites for hydroxylation is 1. The molecule has 5 heterocycles. The number of rotatable bonds is 3. The summed E-state index contributed by atoms with van der Waals surface area (Å²) in [5.41, 5.74) is 5.26. The zero-order chi connectivity index (χ0) is 20.5. The first kappa shape index (κ1) is 18.1. The fourth-order valence-corrected chi connectivity index (χ4v) is 6.97. The Morgan fingerprint density at radius 3 is 2.97 bits per heavy atom. The van der Waals surface area contributed by atoms with E-state index in [1.807, 2.05) is 12.3 Å². The monoisotopic (exact) mass is 422 g/mol. The van der Waals surface area contributed by atoms with E-state index in [0.717, 1.165) is 47.3 Å². The molecule has 3 aliphatic rings. The average Bonchev–Trinajstić information content (AvgIpc) is 3.44. The second kappa shape index (κ2) is 6.39. The lowest BCUT2D eigenvalue weighted by Crippen LogP contribution is -2.42. The lowest BCUT2D eigenvalue weighted by molar-refractivity contribution is 0.345. The number of sulfonamides is 1. The molecular formula is C22H22N4O3S. The number of benzene rings is 1. The molecule has 0 spiro atoms. The molecule has 0 N–H and O–H groups in total. The summed E-state index contributed by atoms with van der Waals surface area (Å²) in [5.74, 6) is 0.803. The lowest BCUT2D eigenvalue weighted by atomic mass is 9.94. The van der Waals surface area contributed by atoms with Crippen LogP contribution < -0.4 is 4.74 Å². The van der Waals surface area contributed by atoms with Crippen LogP contribution >= 0.6 is 0 Å². The van der Waals surface area contributed by atoms with Crippen LogP contribution in [0.5, 0.6) is 5.75 Å². The van der Waals surface area contributed by atoms with Crippen LogP contribution in [-0.2, 0) is 16.4 Å². The molecule has 2 unspecified atom stereocenters. The Hall–Kier alpha value is -2.71. The summed E-state index contributed by atoms with van der Waals surface area (Å²) < 4.78 is 36.1. The zero-order valence-corrected chi connectivity index (χ0v) is 17.5. The van der Waals surface area contributed by atoms with Gasteiger partial charge in [0.25, 0.3) is 0 Å². The fourth-order valence-electron chi connectivity index (χ4n) is 5.10. The van der Waals surface area contributed by atoms with E-state index in [4.69, 9.17) is 4.74 Å². The van der Waals surface area contributed by atoms with Crippen LogP contribution in [0.1, 0.15) is 36.0 Å². The van der Waals surface area contributed by atoms with Gasteiger partial charge in [-0.1, -0.05) is 6.08 Å². The maximum absolute atomic E-state index is 13.5. The van der Waals surface area contributed by atoms with E-state index in [2.05, 4.69) is 23.1 Å². The molecule has 6 rings (SSSR count). The van der Waals surface area contributed by atoms with Gasteiger partial charge in [-0.3, -0.25) is 0 Å². The van der Waals surface area contributed by atoms with Crippen LogP contribution in [0, 0.1) is 6.92 Å². The van der Waals surface area contributed by atoms with Gasteiger partial charge in [0.05, 0.1) is 11.5 Å². The highest BCUT2D eigenvalue weighted by molar-refractivity contribution is 7.89. The third kappa shape index (κ3) is 2.63. The van der Waals surface area contributed by atoms with Gasteiger partial charge in [-0.15, -0.1) is 0 Å². The fraction of sp³-hybridized carbons (Fsp3) is 0.364. The number of nitrogens with zero attached hydrogens (tertiary/aromatic N) is 4. The number of ether oxygens (including phenoxy) is 1. The smallest absolute Gasteiger partial charge is 0.243 e. The van der Waals surface area contributed by atoms with Gasteiger partial charge in [-0.25, -0.2) is 17.9 Å². The van der Waals surface area contributed by atoms with Crippen molar-refractivity contribution in [3.05, 3.63) is 59.6 Å². The van der Waals surface area contributed by atoms with Crippen molar-refractivity contribution in [1.29, 1.82) is 0 Å². The molecule has 2 bridgehead atoms. The van der Waals surface area contributed by atoms with E-state index >= 15 is 0 Å². The van der Waals surface area contributed by atoms with Crippen molar-refractivity contribution in [2.45, 2.75) is 49.6 Å². The van der Waals surface area contributed by atoms with Gasteiger partial charge in [0.2, 0.25) is 10.0 Å². The second-order valence-electron chi connectivity index (χ2n) is 8.33. The predicted molar refractivity (Wildman–Crippen MR) is 112 cm³/mol. The SMILES string of the molecule is Cc1cc2ncnn2cc1C1=CC2CCC(C1)N2S(=O)(=O)c1ccc2c(c1)CCO2. The molecule has 7 nitrogen and oxygen atoms in total. The van der Waals surface area contributed by atoms with E-state index in [0.29, 0.717) is 17.9 Å². The molecule has 3 aliphatic heterocycles. The van der Waals surface area contributed by atoms with Gasteiger partial charge < -0.3 is 4.74 Å². The first-order valence-electron chi connectivity index (χ1n) is 10.3. The highest BCUT2D eigenvalue weighted by Crippen LogP contribution is 2.43. The number of hydrogen-bond acceptors (Lipinski definition) is 5. The van der Waals surface area contributed by atoms with Gasteiger partial charge in [0.1, 0.15) is 12.1 Å². The quantitative estimate of drug-likeness (QED) is 0.649. The third-order valence-electron chi connectivity index (χ3n) is 6.54. The summed E-state index contributed by atoms with van der Waals surface area (Å²) >= 11 is 0. The molecule has 8 heteroatoms. The summed E-state index contributed by atoms with van der Waals surface area (Å²) in [6, 6.07) is 7.16. The summed E-state index contributed by atoms with van der Waals surface area (Å²) in [4.78, 5) is 4.62. The first-order valence-corrected chi connectivity index (χ1v) is 11.7. The highest BCUT2D eigenvalue weighted by atomic mass is 32.2. The molecule has 2 aromatic heterocycles. The van der Waals surface area contributed by atoms with Gasteiger partial charge >= 0.3 is 0 Å². The number of pyridine rings is 1. The van der Waals surface area contributed by atoms with E-state index in [-0.39, 0.29) is 12.1 Å². The molecular weight excluding hydrogens is 400 g/mol. The first-order chi connectivity index (χ1) is 14.5. The van der Waals surface area contributed by atoms with Crippen molar-refractivity contribution in [2.75, 3.05) is 6.61 Å². The molecule has 0 aliphatic carbocycles. The molecule has 2 atom stereocenters. The van der Waals surface area contributed by atoms with Crippen LogP contribution in [0.15, 0.2) is 47.8 Å². The Balaban J connectivity index is 1.37. The minimum Gasteiger partial charge on any atom is -0.493 e. The third-order valence-corrected chi connectivity index (χ3v) is 8.51. The maximum atomic E-state index is 13.5. The van der Waals surface area contributed by atoms with E-state index < -0.39 is 10.0 Å². The van der Waals surface area contributed by atoms with Crippen molar-refractivity contribution in [3.8, 4) is 5.75 Å². The van der Waals surface area contributed by atoms with Crippen molar-refractivity contribution in [3.63, 3.8) is 0 Å². The molecule has 1 fully saturated rings. The van der Waals surface area contributed by atoms with E-state index in [9.17, 15) is 8.42 Å². The van der Waals surface area contributed by atoms with Crippen LogP contribution in [0.2, 0.25) is 0 Å². The molecule has 30 heavy (non-hydrogen) atoms. The zero-order valence-electron chi connectivity index (χ0n) is 16.7. The van der Waals surface area contributed by atoms with Gasteiger partial charge in [-0.2, -0.15) is 9.40 Å². The van der Waals surface area contributed by atoms with Crippen LogP contribution in [0.4, 0.5) is 0 Å². The minimum absolute atomic E-state index is 0.0182. The Morgan fingerprint density at radius 2 is 2.10 bits per heavy atom. The summed E-state index contributed by atoms with van der Waals surface area (Å²) in [6.07, 6.45) is 8.91. The largest absolute Gasteiger partial charge is 0.493 e. The standard InChI is InChI=1S/C22H22N4O3S/c1-14-8-22-23-13-24-25(22)12-20(14)16-9-17-2-3-18(10-16)26(17)30(27,28)19-4-5-21-15(11-19)6-7-29-21/h4-5,8-9,11-13,17-18H,2-3,6-7,10H2,1H3. The summed E-state index contributed by atoms with van der Waals surface area (Å²) in [6.45, 7) is 2.69. The normalized spacial score (nSPS) is 23.4. The Kier molecular flexibility index (Phi) is 3.85. The van der Waals surface area contributed by atoms with Crippen LogP contribution in [0.3, 0.4) is 0 Å². The predicted octanol–water partition coefficient (Wildman–Crippen LogP) is 2.98. The van der Waals surface area contributed by atoms with Crippen molar-refractivity contribution in [2.24, 2.45) is 0 Å². The van der Waals surface area contributed by atoms with Crippen molar-refractivity contribution >= 4 is 21.2 Å². The number of hydrogen-bond donors (Lipinski definition) is 0. The summed E-state index contributed by atoms with van der Waals surface area (Å²) in [5, 5.41) is 4.25. The van der Waals surface area contributed by atoms with E-state index in [1.54, 1.807) is 33.3 Å². The van der Waals surface area contributed by atoms with Crippen LogP contribution in [0.25, 0.3) is 11.2 Å². The summed E-state index contributed by atoms with van der Waals surface area (Å²) in [7, 11) is -3.56. The number of fused-ring (bicyclic) bond motifs is 4. The Bertz CT molecular complexity index is 1310. The maximum Gasteiger partial charge on any atom is 0.243 e. The molecule has 0 saturated carbocycles. The lowest BCUT2D eigenvalue weighted by Gasteiger charge is -2.33. The molecule has 3 aromatic rings. The Labute approximate surface area is 175 Å². The number of aromatic nitrogens is 3. The average molecular weight is 423 g/mol. The molecule has 1 aromatic carbocycles. The highest BCUT2D eigenvalue weighted by Gasteiger charge is 2.44. The van der Waals surface area contributed by atoms with Gasteiger partial charge in [0, 0.05) is 24.7 Å². The Morgan fingerprint density at radius 1 is 1.20 bits per heavy atom.